The lowest BCUT2D eigenvalue weighted by molar-refractivity contribution is 0.462. The van der Waals surface area contributed by atoms with Crippen LogP contribution in [-0.4, -0.2) is 16.5 Å². The zero-order valence-corrected chi connectivity index (χ0v) is 9.77. The van der Waals surface area contributed by atoms with E-state index in [4.69, 9.17) is 10.7 Å². The Morgan fingerprint density at radius 3 is 2.67 bits per heavy atom. The summed E-state index contributed by atoms with van der Waals surface area (Å²) in [5.41, 5.74) is 8.21. The molecule has 1 aromatic heterocycles. The minimum absolute atomic E-state index is 0.289. The summed E-state index contributed by atoms with van der Waals surface area (Å²) >= 11 is 0. The second-order valence-corrected chi connectivity index (χ2v) is 4.96. The number of aromatic amines is 1. The fraction of sp³-hybridized carbons (Fsp3) is 0.750. The first-order chi connectivity index (χ1) is 7.15. The maximum atomic E-state index is 5.57. The standard InChI is InChI=1S/C12H21N3/c1-9-10(5-8-13)15-11(14-9)12(2)6-3-4-7-12/h3-8,13H2,1-2H3,(H,14,15). The van der Waals surface area contributed by atoms with Crippen LogP contribution in [0.2, 0.25) is 0 Å². The Kier molecular flexibility index (Phi) is 2.83. The Hall–Kier alpha value is -0.830. The van der Waals surface area contributed by atoms with Crippen LogP contribution in [0, 0.1) is 6.92 Å². The van der Waals surface area contributed by atoms with Crippen LogP contribution in [0.5, 0.6) is 0 Å². The zero-order chi connectivity index (χ0) is 10.9. The molecule has 1 fully saturated rings. The van der Waals surface area contributed by atoms with Gasteiger partial charge in [-0.15, -0.1) is 0 Å². The highest BCUT2D eigenvalue weighted by Crippen LogP contribution is 2.39. The molecule has 1 saturated carbocycles. The second-order valence-electron chi connectivity index (χ2n) is 4.96. The van der Waals surface area contributed by atoms with Crippen molar-refractivity contribution in [1.82, 2.24) is 9.97 Å². The molecule has 15 heavy (non-hydrogen) atoms. The molecule has 3 nitrogen and oxygen atoms in total. The van der Waals surface area contributed by atoms with E-state index < -0.39 is 0 Å². The van der Waals surface area contributed by atoms with Gasteiger partial charge in [-0.3, -0.25) is 0 Å². The van der Waals surface area contributed by atoms with Gasteiger partial charge in [-0.1, -0.05) is 19.8 Å². The number of hydrogen-bond acceptors (Lipinski definition) is 2. The van der Waals surface area contributed by atoms with E-state index in [1.165, 1.54) is 37.2 Å². The van der Waals surface area contributed by atoms with Gasteiger partial charge >= 0.3 is 0 Å². The summed E-state index contributed by atoms with van der Waals surface area (Å²) in [6.07, 6.45) is 6.09. The predicted molar refractivity (Wildman–Crippen MR) is 61.9 cm³/mol. The van der Waals surface area contributed by atoms with E-state index in [-0.39, 0.29) is 5.41 Å². The number of rotatable bonds is 3. The smallest absolute Gasteiger partial charge is 0.112 e. The monoisotopic (exact) mass is 207 g/mol. The van der Waals surface area contributed by atoms with E-state index in [2.05, 4.69) is 18.8 Å². The van der Waals surface area contributed by atoms with Crippen molar-refractivity contribution in [3.63, 3.8) is 0 Å². The molecule has 1 heterocycles. The lowest BCUT2D eigenvalue weighted by Crippen LogP contribution is -2.18. The Morgan fingerprint density at radius 1 is 1.40 bits per heavy atom. The normalized spacial score (nSPS) is 19.7. The first-order valence-corrected chi connectivity index (χ1v) is 5.92. The molecular weight excluding hydrogens is 186 g/mol. The number of aryl methyl sites for hydroxylation is 1. The molecule has 3 N–H and O–H groups in total. The molecule has 0 radical (unpaired) electrons. The average Bonchev–Trinajstić information content (AvgIpc) is 2.76. The maximum Gasteiger partial charge on any atom is 0.112 e. The third kappa shape index (κ3) is 1.93. The molecular formula is C12H21N3. The van der Waals surface area contributed by atoms with Crippen LogP contribution >= 0.6 is 0 Å². The fourth-order valence-corrected chi connectivity index (χ4v) is 2.55. The molecule has 1 aliphatic rings. The molecule has 3 heteroatoms. The molecule has 0 amide bonds. The molecule has 2 rings (SSSR count). The van der Waals surface area contributed by atoms with Gasteiger partial charge in [-0.25, -0.2) is 4.98 Å². The van der Waals surface area contributed by atoms with Crippen LogP contribution in [0.3, 0.4) is 0 Å². The van der Waals surface area contributed by atoms with Gasteiger partial charge in [-0.2, -0.15) is 0 Å². The van der Waals surface area contributed by atoms with E-state index in [1.54, 1.807) is 0 Å². The van der Waals surface area contributed by atoms with Crippen molar-refractivity contribution in [2.75, 3.05) is 6.54 Å². The summed E-state index contributed by atoms with van der Waals surface area (Å²) in [6.45, 7) is 5.10. The molecule has 0 atom stereocenters. The number of aromatic nitrogens is 2. The third-order valence-electron chi connectivity index (χ3n) is 3.65. The molecule has 0 spiro atoms. The molecule has 0 saturated heterocycles. The summed E-state index contributed by atoms with van der Waals surface area (Å²) in [5.74, 6) is 1.18. The molecule has 1 aromatic rings. The number of nitrogens with one attached hydrogen (secondary N) is 1. The summed E-state index contributed by atoms with van der Waals surface area (Å²) in [4.78, 5) is 8.16. The van der Waals surface area contributed by atoms with Gasteiger partial charge < -0.3 is 10.7 Å². The fourth-order valence-electron chi connectivity index (χ4n) is 2.55. The van der Waals surface area contributed by atoms with E-state index in [0.29, 0.717) is 6.54 Å². The first-order valence-electron chi connectivity index (χ1n) is 5.92. The largest absolute Gasteiger partial charge is 0.345 e. The number of nitrogens with zero attached hydrogens (tertiary/aromatic N) is 1. The number of H-pyrrole nitrogens is 1. The number of hydrogen-bond donors (Lipinski definition) is 2. The van der Waals surface area contributed by atoms with Crippen molar-refractivity contribution < 1.29 is 0 Å². The molecule has 0 aromatic carbocycles. The van der Waals surface area contributed by atoms with Crippen molar-refractivity contribution >= 4 is 0 Å². The van der Waals surface area contributed by atoms with Gasteiger partial charge in [0, 0.05) is 17.5 Å². The first kappa shape index (κ1) is 10.7. The second kappa shape index (κ2) is 3.97. The van der Waals surface area contributed by atoms with Crippen molar-refractivity contribution in [3.05, 3.63) is 17.2 Å². The van der Waals surface area contributed by atoms with E-state index in [1.807, 2.05) is 0 Å². The Bertz CT molecular complexity index is 335. The summed E-state index contributed by atoms with van der Waals surface area (Å²) < 4.78 is 0. The van der Waals surface area contributed by atoms with Crippen LogP contribution in [0.1, 0.15) is 49.8 Å². The summed E-state index contributed by atoms with van der Waals surface area (Å²) in [6, 6.07) is 0. The van der Waals surface area contributed by atoms with E-state index >= 15 is 0 Å². The minimum atomic E-state index is 0.289. The Morgan fingerprint density at radius 2 is 2.07 bits per heavy atom. The Labute approximate surface area is 91.5 Å². The van der Waals surface area contributed by atoms with Gasteiger partial charge in [-0.05, 0) is 26.3 Å². The Balaban J connectivity index is 2.25. The lowest BCUT2D eigenvalue weighted by Gasteiger charge is -2.20. The van der Waals surface area contributed by atoms with Crippen molar-refractivity contribution in [3.8, 4) is 0 Å². The molecule has 1 aliphatic carbocycles. The summed E-state index contributed by atoms with van der Waals surface area (Å²) in [7, 11) is 0. The van der Waals surface area contributed by atoms with Crippen LogP contribution in [-0.2, 0) is 11.8 Å². The van der Waals surface area contributed by atoms with Gasteiger partial charge in [0.25, 0.3) is 0 Å². The van der Waals surface area contributed by atoms with Crippen LogP contribution in [0.4, 0.5) is 0 Å². The quantitative estimate of drug-likeness (QED) is 0.797. The molecule has 0 bridgehead atoms. The summed E-state index contributed by atoms with van der Waals surface area (Å²) in [5, 5.41) is 0. The highest BCUT2D eigenvalue weighted by Gasteiger charge is 2.33. The van der Waals surface area contributed by atoms with Crippen LogP contribution in [0.25, 0.3) is 0 Å². The minimum Gasteiger partial charge on any atom is -0.345 e. The predicted octanol–water partition coefficient (Wildman–Crippen LogP) is 2.05. The van der Waals surface area contributed by atoms with E-state index in [9.17, 15) is 0 Å². The van der Waals surface area contributed by atoms with Crippen LogP contribution in [0.15, 0.2) is 0 Å². The van der Waals surface area contributed by atoms with Gasteiger partial charge in [0.15, 0.2) is 0 Å². The van der Waals surface area contributed by atoms with Gasteiger partial charge in [0.05, 0.1) is 5.69 Å². The third-order valence-corrected chi connectivity index (χ3v) is 3.65. The topological polar surface area (TPSA) is 54.7 Å². The number of imidazole rings is 1. The van der Waals surface area contributed by atoms with Crippen molar-refractivity contribution in [2.45, 2.75) is 51.4 Å². The van der Waals surface area contributed by atoms with Crippen molar-refractivity contribution in [2.24, 2.45) is 5.73 Å². The maximum absolute atomic E-state index is 5.57. The lowest BCUT2D eigenvalue weighted by atomic mass is 9.88. The average molecular weight is 207 g/mol. The van der Waals surface area contributed by atoms with E-state index in [0.717, 1.165) is 12.1 Å². The van der Waals surface area contributed by atoms with Crippen molar-refractivity contribution in [1.29, 1.82) is 0 Å². The number of nitrogens with two attached hydrogens (primary N) is 1. The van der Waals surface area contributed by atoms with Gasteiger partial charge in [0.2, 0.25) is 0 Å². The SMILES string of the molecule is Cc1[nH]c(C2(C)CCCC2)nc1CCN. The zero-order valence-electron chi connectivity index (χ0n) is 9.77. The van der Waals surface area contributed by atoms with Gasteiger partial charge in [0.1, 0.15) is 5.82 Å². The highest BCUT2D eigenvalue weighted by molar-refractivity contribution is 5.19. The molecule has 0 aliphatic heterocycles. The highest BCUT2D eigenvalue weighted by atomic mass is 15.0. The molecule has 0 unspecified atom stereocenters. The molecule has 84 valence electrons. The van der Waals surface area contributed by atoms with Crippen LogP contribution < -0.4 is 5.73 Å².